The molecule has 4 aliphatic rings. The van der Waals surface area contributed by atoms with Crippen molar-refractivity contribution in [1.29, 1.82) is 0 Å². The molecule has 4 fully saturated rings. The Kier molecular flexibility index (Phi) is 28.6. The fourth-order valence-electron chi connectivity index (χ4n) is 7.25. The Morgan fingerprint density at radius 3 is 1.24 bits per heavy atom. The molecule has 2 heterocycles. The third kappa shape index (κ3) is 25.8. The molecule has 278 valence electrons. The Hall–Kier alpha value is -0.160. The Labute approximate surface area is 290 Å². The first-order valence-corrected chi connectivity index (χ1v) is 20.2. The largest absolute Gasteiger partial charge is 0.396 e. The Morgan fingerprint density at radius 1 is 0.522 bits per heavy atom. The van der Waals surface area contributed by atoms with Crippen LogP contribution in [0.5, 0.6) is 0 Å². The molecule has 4 nitrogen and oxygen atoms in total. The molecule has 0 spiro atoms. The number of aliphatic hydroxyl groups excluding tert-OH is 2. The third-order valence-electron chi connectivity index (χ3n) is 11.0. The van der Waals surface area contributed by atoms with Gasteiger partial charge in [-0.05, 0) is 143 Å². The van der Waals surface area contributed by atoms with E-state index in [1.54, 1.807) is 0 Å². The van der Waals surface area contributed by atoms with Crippen LogP contribution in [0.15, 0.2) is 0 Å². The van der Waals surface area contributed by atoms with Crippen molar-refractivity contribution in [3.63, 3.8) is 0 Å². The third-order valence-corrected chi connectivity index (χ3v) is 11.0. The maximum absolute atomic E-state index is 9.21. The molecule has 0 radical (unpaired) electrons. The van der Waals surface area contributed by atoms with Crippen LogP contribution < -0.4 is 0 Å². The van der Waals surface area contributed by atoms with E-state index in [0.717, 1.165) is 111 Å². The van der Waals surface area contributed by atoms with Crippen LogP contribution >= 0.6 is 0 Å². The molecule has 0 bridgehead atoms. The lowest BCUT2D eigenvalue weighted by atomic mass is 9.78. The van der Waals surface area contributed by atoms with E-state index < -0.39 is 0 Å². The number of hydrogen-bond acceptors (Lipinski definition) is 4. The van der Waals surface area contributed by atoms with E-state index in [1.165, 1.54) is 70.6 Å². The van der Waals surface area contributed by atoms with Crippen LogP contribution in [0.25, 0.3) is 0 Å². The van der Waals surface area contributed by atoms with Crippen LogP contribution in [0, 0.1) is 59.2 Å². The Balaban J connectivity index is 0.000000554. The summed E-state index contributed by atoms with van der Waals surface area (Å²) in [5, 5.41) is 17.5. The molecule has 2 N–H and O–H groups in total. The van der Waals surface area contributed by atoms with Crippen molar-refractivity contribution in [2.24, 2.45) is 59.2 Å². The molecular formula is C42H86O4. The summed E-state index contributed by atoms with van der Waals surface area (Å²) in [7, 11) is 0. The highest BCUT2D eigenvalue weighted by Gasteiger charge is 2.22. The lowest BCUT2D eigenvalue weighted by Crippen LogP contribution is -2.21. The van der Waals surface area contributed by atoms with E-state index in [9.17, 15) is 5.11 Å². The maximum atomic E-state index is 9.21. The topological polar surface area (TPSA) is 58.9 Å². The van der Waals surface area contributed by atoms with E-state index >= 15 is 0 Å². The first-order chi connectivity index (χ1) is 21.8. The van der Waals surface area contributed by atoms with Gasteiger partial charge in [0.25, 0.3) is 0 Å². The van der Waals surface area contributed by atoms with Gasteiger partial charge >= 0.3 is 0 Å². The van der Waals surface area contributed by atoms with Gasteiger partial charge in [0.1, 0.15) is 0 Å². The normalized spacial score (nSPS) is 26.0. The predicted molar refractivity (Wildman–Crippen MR) is 201 cm³/mol. The van der Waals surface area contributed by atoms with Gasteiger partial charge in [-0.3, -0.25) is 0 Å². The van der Waals surface area contributed by atoms with Crippen LogP contribution in [0.4, 0.5) is 0 Å². The van der Waals surface area contributed by atoms with E-state index in [0.29, 0.717) is 6.61 Å². The Morgan fingerprint density at radius 2 is 0.913 bits per heavy atom. The van der Waals surface area contributed by atoms with E-state index in [2.05, 4.69) is 76.2 Å². The minimum Gasteiger partial charge on any atom is -0.396 e. The van der Waals surface area contributed by atoms with Crippen LogP contribution in [0.1, 0.15) is 172 Å². The molecule has 0 atom stereocenters. The summed E-state index contributed by atoms with van der Waals surface area (Å²) in [4.78, 5) is 0. The SMILES string of the molecule is CC(C)C1CCC(O)CC1.CC(C)C1CCOCC1.CC(C)CC1CCOCC1.CC(C)CCCO.CC1CCC(C(C)C)CC1. The highest BCUT2D eigenvalue weighted by Crippen LogP contribution is 2.32. The summed E-state index contributed by atoms with van der Waals surface area (Å²) >= 11 is 0. The van der Waals surface area contributed by atoms with Gasteiger partial charge in [-0.2, -0.15) is 0 Å². The first kappa shape index (κ1) is 45.8. The van der Waals surface area contributed by atoms with E-state index in [4.69, 9.17) is 14.6 Å². The average Bonchev–Trinajstić information content (AvgIpc) is 3.02. The lowest BCUT2D eigenvalue weighted by Gasteiger charge is -2.28. The second kappa shape index (κ2) is 28.7. The Bertz CT molecular complexity index is 592. The summed E-state index contributed by atoms with van der Waals surface area (Å²) < 4.78 is 10.5. The molecule has 2 aliphatic carbocycles. The van der Waals surface area contributed by atoms with Crippen LogP contribution in [-0.2, 0) is 9.47 Å². The van der Waals surface area contributed by atoms with Gasteiger partial charge in [-0.1, -0.05) is 89.0 Å². The summed E-state index contributed by atoms with van der Waals surface area (Å²) in [6.45, 7) is 29.5. The number of aliphatic hydroxyl groups is 2. The van der Waals surface area contributed by atoms with E-state index in [-0.39, 0.29) is 6.10 Å². The van der Waals surface area contributed by atoms with Crippen molar-refractivity contribution in [3.05, 3.63) is 0 Å². The molecule has 0 unspecified atom stereocenters. The maximum Gasteiger partial charge on any atom is 0.0540 e. The minimum atomic E-state index is 0.00926. The average molecular weight is 655 g/mol. The van der Waals surface area contributed by atoms with Gasteiger partial charge in [0.15, 0.2) is 0 Å². The second-order valence-electron chi connectivity index (χ2n) is 17.2. The fourth-order valence-corrected chi connectivity index (χ4v) is 7.25. The quantitative estimate of drug-likeness (QED) is 0.273. The standard InChI is InChI=1S/C10H20.2C9H18O.C8H16O.C6H14O/c1-8(2)10-6-4-9(3)5-7-10;1-8(2)7-9-3-5-10-6-4-9;1-7(2)8-3-5-9(10)6-4-8;1-7(2)8-3-5-9-6-4-8;1-6(2)4-3-5-7/h8-10H,4-7H2,1-3H3;8-9H,3-7H2,1-2H3;7-10H,3-6H2,1-2H3;7-8H,3-6H2,1-2H3;6-7H,3-5H2,1-2H3. The minimum absolute atomic E-state index is 0.00926. The molecule has 46 heavy (non-hydrogen) atoms. The van der Waals surface area contributed by atoms with Gasteiger partial charge < -0.3 is 19.7 Å². The highest BCUT2D eigenvalue weighted by molar-refractivity contribution is 4.73. The van der Waals surface area contributed by atoms with Crippen LogP contribution in [-0.4, -0.2) is 49.4 Å². The lowest BCUT2D eigenvalue weighted by molar-refractivity contribution is 0.0523. The molecule has 0 aromatic rings. The zero-order chi connectivity index (χ0) is 34.9. The fraction of sp³-hybridized carbons (Fsp3) is 1.00. The molecule has 2 aliphatic heterocycles. The summed E-state index contributed by atoms with van der Waals surface area (Å²) in [5.74, 6) is 9.01. The van der Waals surface area contributed by atoms with Crippen LogP contribution in [0.3, 0.4) is 0 Å². The first-order valence-electron chi connectivity index (χ1n) is 20.2. The molecule has 0 aromatic heterocycles. The van der Waals surface area contributed by atoms with Gasteiger partial charge in [0.2, 0.25) is 0 Å². The smallest absolute Gasteiger partial charge is 0.0540 e. The molecule has 2 saturated heterocycles. The number of rotatable bonds is 8. The number of ether oxygens (including phenoxy) is 2. The molecule has 4 rings (SSSR count). The predicted octanol–water partition coefficient (Wildman–Crippen LogP) is 11.6. The van der Waals surface area contributed by atoms with Crippen LogP contribution in [0.2, 0.25) is 0 Å². The monoisotopic (exact) mass is 655 g/mol. The zero-order valence-corrected chi connectivity index (χ0v) is 33.2. The van der Waals surface area contributed by atoms with Gasteiger partial charge in [-0.15, -0.1) is 0 Å². The second-order valence-corrected chi connectivity index (χ2v) is 17.2. The van der Waals surface area contributed by atoms with Crippen molar-refractivity contribution in [2.75, 3.05) is 33.0 Å². The van der Waals surface area contributed by atoms with Crippen molar-refractivity contribution in [2.45, 2.75) is 179 Å². The molecular weight excluding hydrogens is 568 g/mol. The summed E-state index contributed by atoms with van der Waals surface area (Å²) in [6, 6.07) is 0. The van der Waals surface area contributed by atoms with Gasteiger partial charge in [-0.25, -0.2) is 0 Å². The molecule has 0 amide bonds. The zero-order valence-electron chi connectivity index (χ0n) is 33.2. The molecule has 2 saturated carbocycles. The summed E-state index contributed by atoms with van der Waals surface area (Å²) in [6.07, 6.45) is 19.1. The van der Waals surface area contributed by atoms with Crippen molar-refractivity contribution < 1.29 is 19.7 Å². The number of hydrogen-bond donors (Lipinski definition) is 2. The highest BCUT2D eigenvalue weighted by atomic mass is 16.5. The van der Waals surface area contributed by atoms with Crippen molar-refractivity contribution >= 4 is 0 Å². The van der Waals surface area contributed by atoms with Crippen molar-refractivity contribution in [3.8, 4) is 0 Å². The van der Waals surface area contributed by atoms with Crippen molar-refractivity contribution in [1.82, 2.24) is 0 Å². The summed E-state index contributed by atoms with van der Waals surface area (Å²) in [5.41, 5.74) is 0. The van der Waals surface area contributed by atoms with Gasteiger partial charge in [0, 0.05) is 33.0 Å². The molecule has 0 aromatic carbocycles. The van der Waals surface area contributed by atoms with Gasteiger partial charge in [0.05, 0.1) is 6.10 Å². The van der Waals surface area contributed by atoms with E-state index in [1.807, 2.05) is 0 Å². The molecule has 4 heteroatoms.